The van der Waals surface area contributed by atoms with Crippen LogP contribution in [0.5, 0.6) is 0 Å². The van der Waals surface area contributed by atoms with Gasteiger partial charge >= 0.3 is 0 Å². The summed E-state index contributed by atoms with van der Waals surface area (Å²) in [5.74, 6) is 0.0139. The Morgan fingerprint density at radius 2 is 2.00 bits per heavy atom. The van der Waals surface area contributed by atoms with Crippen molar-refractivity contribution in [3.63, 3.8) is 0 Å². The molecule has 0 saturated carbocycles. The first-order valence-corrected chi connectivity index (χ1v) is 6.37. The van der Waals surface area contributed by atoms with Gasteiger partial charge in [0.1, 0.15) is 5.03 Å². The van der Waals surface area contributed by atoms with Gasteiger partial charge in [-0.15, -0.1) is 0 Å². The van der Waals surface area contributed by atoms with Crippen LogP contribution in [0.15, 0.2) is 34.3 Å². The molecule has 0 bridgehead atoms. The van der Waals surface area contributed by atoms with Crippen LogP contribution in [0.3, 0.4) is 0 Å². The van der Waals surface area contributed by atoms with Crippen LogP contribution in [-0.4, -0.2) is 17.0 Å². The van der Waals surface area contributed by atoms with Gasteiger partial charge in [-0.1, -0.05) is 17.8 Å². The highest BCUT2D eigenvalue weighted by molar-refractivity contribution is 7.99. The van der Waals surface area contributed by atoms with Gasteiger partial charge in [-0.25, -0.2) is 14.4 Å². The number of nitrogens with one attached hydrogen (secondary N) is 1. The highest BCUT2D eigenvalue weighted by Crippen LogP contribution is 2.29. The maximum atomic E-state index is 13.6. The lowest BCUT2D eigenvalue weighted by Crippen LogP contribution is -1.98. The lowest BCUT2D eigenvalue weighted by Gasteiger charge is -2.06. The molecule has 0 saturated heterocycles. The van der Waals surface area contributed by atoms with E-state index in [1.54, 1.807) is 7.05 Å². The molecule has 1 aromatic carbocycles. The normalized spacial score (nSPS) is 10.4. The van der Waals surface area contributed by atoms with Gasteiger partial charge in [0, 0.05) is 11.9 Å². The van der Waals surface area contributed by atoms with Crippen LogP contribution in [0.25, 0.3) is 0 Å². The zero-order valence-electron chi connectivity index (χ0n) is 10.5. The fourth-order valence-electron chi connectivity index (χ4n) is 1.43. The number of benzene rings is 1. The quantitative estimate of drug-likeness (QED) is 0.861. The van der Waals surface area contributed by atoms with E-state index in [0.717, 1.165) is 4.90 Å². The molecule has 0 radical (unpaired) electrons. The molecule has 2 rings (SSSR count). The number of nitrogens with zero attached hydrogens (tertiary/aromatic N) is 2. The third-order valence-corrected chi connectivity index (χ3v) is 3.60. The summed E-state index contributed by atoms with van der Waals surface area (Å²) in [5, 5.41) is 3.13. The predicted octanol–water partition coefficient (Wildman–Crippen LogP) is 3.43. The smallest absolute Gasteiger partial charge is 0.223 e. The Labute approximate surface area is 110 Å². The average Bonchev–Trinajstić information content (AvgIpc) is 2.36. The SMILES string of the molecule is CNc1ncc(F)c(Sc2ccc(C)c(C)c2)n1. The molecule has 0 amide bonds. The van der Waals surface area contributed by atoms with Crippen LogP contribution >= 0.6 is 11.8 Å². The largest absolute Gasteiger partial charge is 0.357 e. The Kier molecular flexibility index (Phi) is 3.81. The van der Waals surface area contributed by atoms with Crippen molar-refractivity contribution in [1.29, 1.82) is 0 Å². The predicted molar refractivity (Wildman–Crippen MR) is 71.6 cm³/mol. The van der Waals surface area contributed by atoms with Crippen molar-refractivity contribution < 1.29 is 4.39 Å². The lowest BCUT2D eigenvalue weighted by atomic mass is 10.1. The average molecular weight is 263 g/mol. The first kappa shape index (κ1) is 12.8. The molecule has 1 aromatic heterocycles. The van der Waals surface area contributed by atoms with Gasteiger partial charge in [-0.2, -0.15) is 0 Å². The van der Waals surface area contributed by atoms with Crippen molar-refractivity contribution in [2.75, 3.05) is 12.4 Å². The van der Waals surface area contributed by atoms with E-state index in [2.05, 4.69) is 15.3 Å². The Balaban J connectivity index is 2.30. The zero-order chi connectivity index (χ0) is 13.1. The molecule has 3 nitrogen and oxygen atoms in total. The molecular weight excluding hydrogens is 249 g/mol. The van der Waals surface area contributed by atoms with Gasteiger partial charge in [-0.3, -0.25) is 0 Å². The minimum atomic E-state index is -0.405. The number of aryl methyl sites for hydroxylation is 2. The number of hydrogen-bond acceptors (Lipinski definition) is 4. The van der Waals surface area contributed by atoms with Gasteiger partial charge < -0.3 is 5.32 Å². The molecule has 0 aliphatic carbocycles. The summed E-state index contributed by atoms with van der Waals surface area (Å²) >= 11 is 1.30. The maximum Gasteiger partial charge on any atom is 0.223 e. The van der Waals surface area contributed by atoms with E-state index in [9.17, 15) is 4.39 Å². The summed E-state index contributed by atoms with van der Waals surface area (Å²) in [6, 6.07) is 6.02. The highest BCUT2D eigenvalue weighted by Gasteiger charge is 2.08. The third kappa shape index (κ3) is 2.79. The summed E-state index contributed by atoms with van der Waals surface area (Å²) in [4.78, 5) is 8.89. The van der Waals surface area contributed by atoms with Gasteiger partial charge in [0.25, 0.3) is 0 Å². The minimum absolute atomic E-state index is 0.331. The van der Waals surface area contributed by atoms with E-state index in [1.165, 1.54) is 29.1 Å². The summed E-state index contributed by atoms with van der Waals surface area (Å²) in [6.45, 7) is 4.09. The van der Waals surface area contributed by atoms with Gasteiger partial charge in [0.05, 0.1) is 6.20 Å². The van der Waals surface area contributed by atoms with Crippen molar-refractivity contribution >= 4 is 17.7 Å². The van der Waals surface area contributed by atoms with Crippen molar-refractivity contribution in [2.45, 2.75) is 23.8 Å². The van der Waals surface area contributed by atoms with Crippen LogP contribution in [-0.2, 0) is 0 Å². The molecule has 5 heteroatoms. The Morgan fingerprint density at radius 3 is 2.67 bits per heavy atom. The van der Waals surface area contributed by atoms with Crippen molar-refractivity contribution in [2.24, 2.45) is 0 Å². The monoisotopic (exact) mass is 263 g/mol. The second kappa shape index (κ2) is 5.35. The molecule has 1 N–H and O–H groups in total. The molecule has 0 fully saturated rings. The Bertz CT molecular complexity index is 572. The molecule has 18 heavy (non-hydrogen) atoms. The van der Waals surface area contributed by atoms with Crippen molar-refractivity contribution in [3.05, 3.63) is 41.3 Å². The Hall–Kier alpha value is -1.62. The highest BCUT2D eigenvalue weighted by atomic mass is 32.2. The van der Waals surface area contributed by atoms with Crippen LogP contribution in [0, 0.1) is 19.7 Å². The van der Waals surface area contributed by atoms with Crippen LogP contribution < -0.4 is 5.32 Å². The number of aromatic nitrogens is 2. The summed E-state index contributed by atoms with van der Waals surface area (Å²) in [5.41, 5.74) is 2.40. The number of anilines is 1. The van der Waals surface area contributed by atoms with Crippen LogP contribution in [0.1, 0.15) is 11.1 Å². The fraction of sp³-hybridized carbons (Fsp3) is 0.231. The van der Waals surface area contributed by atoms with E-state index in [4.69, 9.17) is 0 Å². The fourth-order valence-corrected chi connectivity index (χ4v) is 2.31. The van der Waals surface area contributed by atoms with Crippen molar-refractivity contribution in [1.82, 2.24) is 9.97 Å². The summed E-state index contributed by atoms with van der Waals surface area (Å²) < 4.78 is 13.6. The topological polar surface area (TPSA) is 37.8 Å². The van der Waals surface area contributed by atoms with Gasteiger partial charge in [-0.05, 0) is 37.1 Å². The zero-order valence-corrected chi connectivity index (χ0v) is 11.3. The number of rotatable bonds is 3. The number of halogens is 1. The first-order valence-electron chi connectivity index (χ1n) is 5.55. The van der Waals surface area contributed by atoms with Gasteiger partial charge in [0.15, 0.2) is 5.82 Å². The summed E-state index contributed by atoms with van der Waals surface area (Å²) in [7, 11) is 1.71. The molecule has 0 aliphatic rings. The molecule has 94 valence electrons. The van der Waals surface area contributed by atoms with E-state index in [-0.39, 0.29) is 0 Å². The van der Waals surface area contributed by atoms with Crippen LogP contribution in [0.4, 0.5) is 10.3 Å². The van der Waals surface area contributed by atoms with Crippen LogP contribution in [0.2, 0.25) is 0 Å². The standard InChI is InChI=1S/C13H14FN3S/c1-8-4-5-10(6-9(8)2)18-12-11(14)7-16-13(15-3)17-12/h4-7H,1-3H3,(H,15,16,17). The second-order valence-electron chi connectivity index (χ2n) is 3.94. The molecule has 0 unspecified atom stereocenters. The second-order valence-corrected chi connectivity index (χ2v) is 5.01. The molecule has 1 heterocycles. The third-order valence-electron chi connectivity index (χ3n) is 2.63. The molecule has 2 aromatic rings. The maximum absolute atomic E-state index is 13.6. The molecule has 0 atom stereocenters. The van der Waals surface area contributed by atoms with E-state index in [0.29, 0.717) is 11.0 Å². The van der Waals surface area contributed by atoms with Crippen molar-refractivity contribution in [3.8, 4) is 0 Å². The lowest BCUT2D eigenvalue weighted by molar-refractivity contribution is 0.580. The Morgan fingerprint density at radius 1 is 1.22 bits per heavy atom. The minimum Gasteiger partial charge on any atom is -0.357 e. The van der Waals surface area contributed by atoms with E-state index >= 15 is 0 Å². The van der Waals surface area contributed by atoms with E-state index < -0.39 is 5.82 Å². The van der Waals surface area contributed by atoms with E-state index in [1.807, 2.05) is 32.0 Å². The molecular formula is C13H14FN3S. The molecule has 0 aliphatic heterocycles. The number of hydrogen-bond donors (Lipinski definition) is 1. The summed E-state index contributed by atoms with van der Waals surface area (Å²) in [6.07, 6.45) is 1.18. The van der Waals surface area contributed by atoms with Gasteiger partial charge in [0.2, 0.25) is 5.95 Å². The molecule has 0 spiro atoms. The first-order chi connectivity index (χ1) is 8.60.